The molecule has 2 aliphatic rings. The van der Waals surface area contributed by atoms with Crippen LogP contribution in [0.2, 0.25) is 0 Å². The van der Waals surface area contributed by atoms with Gasteiger partial charge in [0, 0.05) is 17.5 Å². The van der Waals surface area contributed by atoms with Crippen LogP contribution in [0, 0.1) is 5.82 Å². The van der Waals surface area contributed by atoms with Gasteiger partial charge in [0.2, 0.25) is 0 Å². The molecule has 0 saturated carbocycles. The van der Waals surface area contributed by atoms with Gasteiger partial charge in [-0.15, -0.1) is 0 Å². The van der Waals surface area contributed by atoms with Crippen molar-refractivity contribution in [1.82, 2.24) is 14.9 Å². The summed E-state index contributed by atoms with van der Waals surface area (Å²) in [4.78, 5) is 23.3. The highest BCUT2D eigenvalue weighted by atomic mass is 19.4. The number of hydrogen-bond donors (Lipinski definition) is 1. The van der Waals surface area contributed by atoms with E-state index in [1.54, 1.807) is 6.07 Å². The Morgan fingerprint density at radius 3 is 2.73 bits per heavy atom. The van der Waals surface area contributed by atoms with Gasteiger partial charge in [-0.05, 0) is 29.3 Å². The summed E-state index contributed by atoms with van der Waals surface area (Å²) in [6.45, 7) is 0.983. The van der Waals surface area contributed by atoms with Crippen LogP contribution in [0.25, 0.3) is 10.9 Å². The molecule has 11 heteroatoms. The van der Waals surface area contributed by atoms with Crippen LogP contribution in [0.15, 0.2) is 30.5 Å². The third-order valence-corrected chi connectivity index (χ3v) is 5.90. The van der Waals surface area contributed by atoms with Crippen molar-refractivity contribution in [2.75, 3.05) is 25.5 Å². The number of carbonyl (C=O) groups excluding carboxylic acids is 1. The average molecular weight is 462 g/mol. The van der Waals surface area contributed by atoms with Crippen molar-refractivity contribution >= 4 is 22.6 Å². The van der Waals surface area contributed by atoms with Crippen LogP contribution < -0.4 is 5.73 Å². The van der Waals surface area contributed by atoms with E-state index in [4.69, 9.17) is 15.2 Å². The summed E-state index contributed by atoms with van der Waals surface area (Å²) in [7, 11) is 0. The van der Waals surface area contributed by atoms with Crippen molar-refractivity contribution in [3.63, 3.8) is 0 Å². The minimum absolute atomic E-state index is 0.0242. The lowest BCUT2D eigenvalue weighted by molar-refractivity contribution is -0.140. The second-order valence-corrected chi connectivity index (χ2v) is 7.86. The molecule has 1 atom stereocenters. The number of nitrogen functional groups attached to an aromatic ring is 1. The highest BCUT2D eigenvalue weighted by Crippen LogP contribution is 2.36. The molecule has 33 heavy (non-hydrogen) atoms. The molecule has 5 rings (SSSR count). The second-order valence-electron chi connectivity index (χ2n) is 7.86. The summed E-state index contributed by atoms with van der Waals surface area (Å²) in [5.41, 5.74) is 6.93. The van der Waals surface area contributed by atoms with E-state index in [1.165, 1.54) is 17.2 Å². The zero-order valence-corrected chi connectivity index (χ0v) is 17.2. The standard InChI is InChI=1S/C22H18F4N4O3/c23-16-2-1-11(5-15(16)22(24,25)26)19-10-32-4-3-30(19)21(31)17-6-12-13-8-33-9-14(13)20(27)29-18(12)7-28-17/h1-2,5-7,19H,3-4,8-10H2,(H2,27,29)/t19-/m1/s1. The Hall–Kier alpha value is -3.31. The summed E-state index contributed by atoms with van der Waals surface area (Å²) in [5.74, 6) is -1.51. The molecule has 172 valence electrons. The number of benzene rings is 1. The van der Waals surface area contributed by atoms with E-state index in [9.17, 15) is 22.4 Å². The molecule has 1 saturated heterocycles. The molecule has 2 aliphatic heterocycles. The fourth-order valence-corrected chi connectivity index (χ4v) is 4.23. The number of nitrogens with two attached hydrogens (primary N) is 1. The number of morpholine rings is 1. The molecule has 7 nitrogen and oxygen atoms in total. The fraction of sp³-hybridized carbons (Fsp3) is 0.318. The normalized spacial score (nSPS) is 18.5. The van der Waals surface area contributed by atoms with E-state index in [0.29, 0.717) is 29.9 Å². The molecular formula is C22H18F4N4O3. The van der Waals surface area contributed by atoms with Crippen molar-refractivity contribution in [3.05, 3.63) is 64.2 Å². The maximum atomic E-state index is 13.8. The molecule has 0 spiro atoms. The number of anilines is 1. The SMILES string of the molecule is Nc1nc2cnc(C(=O)N3CCOC[C@@H]3c3ccc(F)c(C(F)(F)F)c3)cc2c2c1COC2. The number of alkyl halides is 3. The van der Waals surface area contributed by atoms with E-state index >= 15 is 0 Å². The number of rotatable bonds is 2. The van der Waals surface area contributed by atoms with Crippen molar-refractivity contribution in [1.29, 1.82) is 0 Å². The predicted octanol–water partition coefficient (Wildman–Crippen LogP) is 3.61. The molecule has 3 aromatic rings. The van der Waals surface area contributed by atoms with Crippen LogP contribution in [0.5, 0.6) is 0 Å². The first-order chi connectivity index (χ1) is 15.7. The quantitative estimate of drug-likeness (QED) is 0.586. The lowest BCUT2D eigenvalue weighted by Crippen LogP contribution is -2.43. The maximum Gasteiger partial charge on any atom is 0.419 e. The highest BCUT2D eigenvalue weighted by Gasteiger charge is 2.37. The van der Waals surface area contributed by atoms with Gasteiger partial charge in [-0.25, -0.2) is 14.4 Å². The first-order valence-electron chi connectivity index (χ1n) is 10.1. The minimum Gasteiger partial charge on any atom is -0.383 e. The molecule has 1 fully saturated rings. The van der Waals surface area contributed by atoms with Gasteiger partial charge in [0.25, 0.3) is 5.91 Å². The number of nitrogens with zero attached hydrogens (tertiary/aromatic N) is 3. The van der Waals surface area contributed by atoms with Crippen LogP contribution in [0.3, 0.4) is 0 Å². The predicted molar refractivity (Wildman–Crippen MR) is 108 cm³/mol. The average Bonchev–Trinajstić information content (AvgIpc) is 3.29. The number of amides is 1. The molecular weight excluding hydrogens is 444 g/mol. The van der Waals surface area contributed by atoms with Crippen molar-refractivity contribution in [3.8, 4) is 0 Å². The third kappa shape index (κ3) is 3.76. The zero-order valence-electron chi connectivity index (χ0n) is 17.2. The van der Waals surface area contributed by atoms with Gasteiger partial charge >= 0.3 is 6.18 Å². The summed E-state index contributed by atoms with van der Waals surface area (Å²) < 4.78 is 64.3. The van der Waals surface area contributed by atoms with Gasteiger partial charge in [0.1, 0.15) is 17.3 Å². The molecule has 2 N–H and O–H groups in total. The van der Waals surface area contributed by atoms with Crippen molar-refractivity contribution in [2.45, 2.75) is 25.4 Å². The first kappa shape index (κ1) is 21.5. The van der Waals surface area contributed by atoms with Crippen LogP contribution in [0.4, 0.5) is 23.4 Å². The Labute approximate surface area is 185 Å². The Balaban J connectivity index is 1.52. The molecule has 0 radical (unpaired) electrons. The van der Waals surface area contributed by atoms with Gasteiger partial charge < -0.3 is 20.1 Å². The Bertz CT molecular complexity index is 1260. The summed E-state index contributed by atoms with van der Waals surface area (Å²) in [5, 5.41) is 0.681. The summed E-state index contributed by atoms with van der Waals surface area (Å²) in [6, 6.07) is 3.47. The number of aromatic nitrogens is 2. The smallest absolute Gasteiger partial charge is 0.383 e. The molecule has 1 amide bonds. The van der Waals surface area contributed by atoms with E-state index < -0.39 is 29.5 Å². The van der Waals surface area contributed by atoms with E-state index in [2.05, 4.69) is 9.97 Å². The Kier molecular flexibility index (Phi) is 5.17. The third-order valence-electron chi connectivity index (χ3n) is 5.90. The minimum atomic E-state index is -4.86. The van der Waals surface area contributed by atoms with E-state index in [-0.39, 0.29) is 31.0 Å². The fourth-order valence-electron chi connectivity index (χ4n) is 4.23. The molecule has 1 aromatic carbocycles. The molecule has 0 aliphatic carbocycles. The topological polar surface area (TPSA) is 90.6 Å². The number of hydrogen-bond acceptors (Lipinski definition) is 6. The highest BCUT2D eigenvalue weighted by molar-refractivity contribution is 5.97. The van der Waals surface area contributed by atoms with Crippen LogP contribution in [-0.4, -0.2) is 40.5 Å². The lowest BCUT2D eigenvalue weighted by Gasteiger charge is -2.36. The number of fused-ring (bicyclic) bond motifs is 3. The van der Waals surface area contributed by atoms with Crippen LogP contribution in [-0.2, 0) is 28.9 Å². The van der Waals surface area contributed by atoms with Gasteiger partial charge in [0.15, 0.2) is 0 Å². The molecule has 0 bridgehead atoms. The first-order valence-corrected chi connectivity index (χ1v) is 10.1. The zero-order chi connectivity index (χ0) is 23.3. The van der Waals surface area contributed by atoms with Crippen molar-refractivity contribution in [2.24, 2.45) is 0 Å². The second kappa shape index (κ2) is 7.92. The number of carbonyl (C=O) groups is 1. The number of pyridine rings is 2. The summed E-state index contributed by atoms with van der Waals surface area (Å²) in [6.07, 6.45) is -3.42. The monoisotopic (exact) mass is 462 g/mol. The van der Waals surface area contributed by atoms with Crippen molar-refractivity contribution < 1.29 is 31.8 Å². The van der Waals surface area contributed by atoms with Crippen LogP contribution in [0.1, 0.15) is 38.8 Å². The maximum absolute atomic E-state index is 13.8. The van der Waals surface area contributed by atoms with Gasteiger partial charge in [0.05, 0.1) is 49.7 Å². The largest absolute Gasteiger partial charge is 0.419 e. The molecule has 4 heterocycles. The van der Waals surface area contributed by atoms with Crippen LogP contribution >= 0.6 is 0 Å². The van der Waals surface area contributed by atoms with E-state index in [0.717, 1.165) is 23.3 Å². The Morgan fingerprint density at radius 2 is 1.94 bits per heavy atom. The van der Waals surface area contributed by atoms with Gasteiger partial charge in [-0.3, -0.25) is 4.79 Å². The van der Waals surface area contributed by atoms with E-state index in [1.807, 2.05) is 0 Å². The molecule has 2 aromatic heterocycles. The summed E-state index contributed by atoms with van der Waals surface area (Å²) >= 11 is 0. The molecule has 0 unspecified atom stereocenters. The number of ether oxygens (including phenoxy) is 2. The van der Waals surface area contributed by atoms with Gasteiger partial charge in [-0.2, -0.15) is 13.2 Å². The Morgan fingerprint density at radius 1 is 1.15 bits per heavy atom. The van der Waals surface area contributed by atoms with Gasteiger partial charge in [-0.1, -0.05) is 6.07 Å². The lowest BCUT2D eigenvalue weighted by atomic mass is 10.0. The number of halogens is 4.